The van der Waals surface area contributed by atoms with Crippen molar-refractivity contribution in [2.75, 3.05) is 14.2 Å². The van der Waals surface area contributed by atoms with Crippen LogP contribution in [-0.4, -0.2) is 38.6 Å². The summed E-state index contributed by atoms with van der Waals surface area (Å²) in [6.45, 7) is 2.54. The molecule has 0 saturated heterocycles. The summed E-state index contributed by atoms with van der Waals surface area (Å²) in [6.07, 6.45) is 2.82. The second kappa shape index (κ2) is 10.9. The molecule has 0 fully saturated rings. The lowest BCUT2D eigenvalue weighted by molar-refractivity contribution is -0.141. The zero-order chi connectivity index (χ0) is 21.2. The van der Waals surface area contributed by atoms with Crippen LogP contribution < -0.4 is 9.47 Å². The molecule has 0 atom stereocenters. The van der Waals surface area contributed by atoms with Gasteiger partial charge in [-0.25, -0.2) is 9.59 Å². The zero-order valence-electron chi connectivity index (χ0n) is 16.4. The van der Waals surface area contributed by atoms with Crippen LogP contribution in [0.15, 0.2) is 56.5 Å². The molecule has 0 amide bonds. The molecule has 0 saturated carbocycles. The molecule has 0 unspecified atom stereocenters. The number of hydrogen-bond acceptors (Lipinski definition) is 9. The first kappa shape index (κ1) is 22.0. The highest BCUT2D eigenvalue weighted by Gasteiger charge is 2.08. The van der Waals surface area contributed by atoms with E-state index in [0.717, 1.165) is 9.79 Å². The second-order valence-electron chi connectivity index (χ2n) is 5.54. The Bertz CT molecular complexity index is 867. The van der Waals surface area contributed by atoms with E-state index in [1.165, 1.54) is 38.0 Å². The molecule has 0 spiro atoms. The van der Waals surface area contributed by atoms with Gasteiger partial charge in [-0.15, -0.1) is 0 Å². The van der Waals surface area contributed by atoms with Gasteiger partial charge in [0.05, 0.1) is 26.6 Å². The first-order valence-corrected chi connectivity index (χ1v) is 9.20. The van der Waals surface area contributed by atoms with E-state index in [0.29, 0.717) is 22.6 Å². The van der Waals surface area contributed by atoms with E-state index in [-0.39, 0.29) is 0 Å². The van der Waals surface area contributed by atoms with Gasteiger partial charge in [0.2, 0.25) is 0 Å². The van der Waals surface area contributed by atoms with Crippen molar-refractivity contribution in [2.45, 2.75) is 23.6 Å². The maximum absolute atomic E-state index is 10.9. The van der Waals surface area contributed by atoms with E-state index in [9.17, 15) is 9.59 Å². The number of rotatable bonds is 8. The van der Waals surface area contributed by atoms with Gasteiger partial charge in [-0.05, 0) is 36.4 Å². The third kappa shape index (κ3) is 6.96. The smallest absolute Gasteiger partial charge is 0.331 e. The number of nitrogens with zero attached hydrogens (tertiary/aromatic N) is 2. The molecule has 0 aliphatic carbocycles. The molecule has 0 aromatic heterocycles. The Labute approximate surface area is 172 Å². The molecule has 2 aromatic rings. The SMILES string of the molecule is COc1ccc(Sc2ccc(OC)c(C=NOC(C)=O)c2)cc1C=NOC(C)=O. The van der Waals surface area contributed by atoms with Crippen LogP contribution in [0.3, 0.4) is 0 Å². The highest BCUT2D eigenvalue weighted by Crippen LogP contribution is 2.33. The third-order valence-electron chi connectivity index (χ3n) is 3.38. The highest BCUT2D eigenvalue weighted by molar-refractivity contribution is 7.99. The third-order valence-corrected chi connectivity index (χ3v) is 4.36. The monoisotopic (exact) mass is 416 g/mol. The summed E-state index contributed by atoms with van der Waals surface area (Å²) in [5, 5.41) is 7.29. The van der Waals surface area contributed by atoms with Gasteiger partial charge in [0.1, 0.15) is 11.5 Å². The standard InChI is InChI=1S/C20H20N2O6S/c1-13(23)27-21-11-15-9-17(5-7-19(15)25-3)29-18-6-8-20(26-4)16(10-18)12-22-28-14(2)24/h5-12H,1-4H3. The van der Waals surface area contributed by atoms with Crippen molar-refractivity contribution in [3.05, 3.63) is 47.5 Å². The summed E-state index contributed by atoms with van der Waals surface area (Å²) >= 11 is 1.48. The Morgan fingerprint density at radius 1 is 0.793 bits per heavy atom. The molecular formula is C20H20N2O6S. The van der Waals surface area contributed by atoms with E-state index in [1.54, 1.807) is 26.4 Å². The Balaban J connectivity index is 2.26. The van der Waals surface area contributed by atoms with Crippen molar-refractivity contribution in [1.29, 1.82) is 0 Å². The van der Waals surface area contributed by atoms with Crippen molar-refractivity contribution in [2.24, 2.45) is 10.3 Å². The van der Waals surface area contributed by atoms with E-state index in [1.807, 2.05) is 24.3 Å². The topological polar surface area (TPSA) is 95.8 Å². The zero-order valence-corrected chi connectivity index (χ0v) is 17.2. The second-order valence-corrected chi connectivity index (χ2v) is 6.69. The number of hydrogen-bond donors (Lipinski definition) is 0. The summed E-state index contributed by atoms with van der Waals surface area (Å²) in [6, 6.07) is 11.1. The van der Waals surface area contributed by atoms with E-state index >= 15 is 0 Å². The van der Waals surface area contributed by atoms with Gasteiger partial charge in [-0.3, -0.25) is 0 Å². The average Bonchev–Trinajstić information content (AvgIpc) is 2.68. The molecule has 0 heterocycles. The normalized spacial score (nSPS) is 10.9. The quantitative estimate of drug-likeness (QED) is 0.368. The van der Waals surface area contributed by atoms with Gasteiger partial charge in [-0.1, -0.05) is 22.1 Å². The predicted octanol–water partition coefficient (Wildman–Crippen LogP) is 3.65. The van der Waals surface area contributed by atoms with Crippen molar-refractivity contribution in [3.8, 4) is 11.5 Å². The molecule has 2 aromatic carbocycles. The number of methoxy groups -OCH3 is 2. The lowest BCUT2D eigenvalue weighted by Crippen LogP contribution is -1.95. The van der Waals surface area contributed by atoms with Gasteiger partial charge in [-0.2, -0.15) is 0 Å². The van der Waals surface area contributed by atoms with Crippen LogP contribution >= 0.6 is 11.8 Å². The summed E-state index contributed by atoms with van der Waals surface area (Å²) in [5.74, 6) is 0.169. The fourth-order valence-electron chi connectivity index (χ4n) is 2.20. The predicted molar refractivity (Wildman–Crippen MR) is 109 cm³/mol. The van der Waals surface area contributed by atoms with Crippen LogP contribution in [0.4, 0.5) is 0 Å². The summed E-state index contributed by atoms with van der Waals surface area (Å²) in [5.41, 5.74) is 1.31. The number of carbonyl (C=O) groups is 2. The van der Waals surface area contributed by atoms with Gasteiger partial charge in [0.15, 0.2) is 0 Å². The number of carbonyl (C=O) groups excluding carboxylic acids is 2. The van der Waals surface area contributed by atoms with Crippen LogP contribution in [-0.2, 0) is 19.3 Å². The molecule has 0 aliphatic rings. The van der Waals surface area contributed by atoms with Crippen LogP contribution in [0.2, 0.25) is 0 Å². The molecule has 0 aliphatic heterocycles. The Morgan fingerprint density at radius 3 is 1.55 bits per heavy atom. The van der Waals surface area contributed by atoms with Crippen LogP contribution in [0.1, 0.15) is 25.0 Å². The van der Waals surface area contributed by atoms with E-state index in [4.69, 9.17) is 9.47 Å². The van der Waals surface area contributed by atoms with Crippen molar-refractivity contribution in [1.82, 2.24) is 0 Å². The first-order valence-electron chi connectivity index (χ1n) is 8.38. The lowest BCUT2D eigenvalue weighted by atomic mass is 10.2. The molecule has 0 bridgehead atoms. The van der Waals surface area contributed by atoms with Gasteiger partial charge in [0.25, 0.3) is 0 Å². The summed E-state index contributed by atoms with van der Waals surface area (Å²) < 4.78 is 10.6. The molecule has 29 heavy (non-hydrogen) atoms. The summed E-state index contributed by atoms with van der Waals surface area (Å²) in [4.78, 5) is 32.8. The molecule has 152 valence electrons. The van der Waals surface area contributed by atoms with Gasteiger partial charge >= 0.3 is 11.9 Å². The molecule has 9 heteroatoms. The Morgan fingerprint density at radius 2 is 1.21 bits per heavy atom. The molecular weight excluding hydrogens is 396 g/mol. The van der Waals surface area contributed by atoms with Gasteiger partial charge in [0, 0.05) is 34.8 Å². The van der Waals surface area contributed by atoms with E-state index < -0.39 is 11.9 Å². The number of benzene rings is 2. The molecule has 0 N–H and O–H groups in total. The maximum Gasteiger partial charge on any atom is 0.331 e. The van der Waals surface area contributed by atoms with Crippen LogP contribution in [0.5, 0.6) is 11.5 Å². The average molecular weight is 416 g/mol. The molecule has 0 radical (unpaired) electrons. The summed E-state index contributed by atoms with van der Waals surface area (Å²) in [7, 11) is 3.09. The Kier molecular flexibility index (Phi) is 8.23. The number of ether oxygens (including phenoxy) is 2. The molecule has 2 rings (SSSR count). The highest BCUT2D eigenvalue weighted by atomic mass is 32.2. The fourth-order valence-corrected chi connectivity index (χ4v) is 3.12. The van der Waals surface area contributed by atoms with Crippen LogP contribution in [0.25, 0.3) is 0 Å². The van der Waals surface area contributed by atoms with Crippen LogP contribution in [0, 0.1) is 0 Å². The van der Waals surface area contributed by atoms with Crippen molar-refractivity contribution in [3.63, 3.8) is 0 Å². The largest absolute Gasteiger partial charge is 0.496 e. The maximum atomic E-state index is 10.9. The number of oxime groups is 2. The van der Waals surface area contributed by atoms with Crippen molar-refractivity contribution < 1.29 is 28.7 Å². The van der Waals surface area contributed by atoms with Crippen molar-refractivity contribution >= 4 is 36.1 Å². The van der Waals surface area contributed by atoms with E-state index in [2.05, 4.69) is 20.0 Å². The minimum Gasteiger partial charge on any atom is -0.496 e. The minimum atomic E-state index is -0.507. The lowest BCUT2D eigenvalue weighted by Gasteiger charge is -2.09. The minimum absolute atomic E-state index is 0.507. The van der Waals surface area contributed by atoms with Gasteiger partial charge < -0.3 is 19.1 Å². The molecule has 8 nitrogen and oxygen atoms in total. The first-order chi connectivity index (χ1) is 13.9. The Hall–Kier alpha value is -3.33. The fraction of sp³-hybridized carbons (Fsp3) is 0.200.